The number of benzene rings is 1. The molecule has 0 spiro atoms. The Bertz CT molecular complexity index is 1160. The van der Waals surface area contributed by atoms with Gasteiger partial charge in [-0.2, -0.15) is 4.98 Å². The lowest BCUT2D eigenvalue weighted by molar-refractivity contribution is 0.266. The number of rotatable bonds is 6. The third-order valence-corrected chi connectivity index (χ3v) is 5.74. The predicted molar refractivity (Wildman–Crippen MR) is 123 cm³/mol. The molecule has 1 fully saturated rings. The Morgan fingerprint density at radius 2 is 1.84 bits per heavy atom. The summed E-state index contributed by atoms with van der Waals surface area (Å²) >= 11 is 6.08. The second-order valence-electron chi connectivity index (χ2n) is 7.46. The normalized spacial score (nSPS) is 14.8. The van der Waals surface area contributed by atoms with Crippen LogP contribution in [0.5, 0.6) is 0 Å². The first kappa shape index (κ1) is 19.7. The molecular weight excluding hydrogens is 412 g/mol. The summed E-state index contributed by atoms with van der Waals surface area (Å²) in [5.41, 5.74) is 2.00. The summed E-state index contributed by atoms with van der Waals surface area (Å²) in [7, 11) is 0. The molecule has 158 valence electrons. The van der Waals surface area contributed by atoms with Crippen LogP contribution in [0.4, 0.5) is 11.5 Å². The topological polar surface area (TPSA) is 75.0 Å². The zero-order valence-corrected chi connectivity index (χ0v) is 17.8. The largest absolute Gasteiger partial charge is 0.383 e. The standard InChI is InChI=1S/C22H23ClN8/c23-17-1-2-18-19(3-5-25-20(18)15-17)26-8-9-29-11-13-30(14-12-29)21-4-6-27-22(28-21)31-10-7-24-16-31/h1-7,10,15-16H,8-9,11-14H2,(H,25,26). The van der Waals surface area contributed by atoms with E-state index >= 15 is 0 Å². The van der Waals surface area contributed by atoms with E-state index in [2.05, 4.69) is 30.1 Å². The van der Waals surface area contributed by atoms with Gasteiger partial charge in [0.05, 0.1) is 5.52 Å². The number of nitrogens with one attached hydrogen (secondary N) is 1. The highest BCUT2D eigenvalue weighted by atomic mass is 35.5. The minimum Gasteiger partial charge on any atom is -0.383 e. The van der Waals surface area contributed by atoms with E-state index in [9.17, 15) is 0 Å². The van der Waals surface area contributed by atoms with Crippen LogP contribution in [0.1, 0.15) is 0 Å². The number of aromatic nitrogens is 5. The number of piperazine rings is 1. The van der Waals surface area contributed by atoms with Crippen molar-refractivity contribution in [2.24, 2.45) is 0 Å². The Hall–Kier alpha value is -3.23. The summed E-state index contributed by atoms with van der Waals surface area (Å²) in [6.45, 7) is 5.74. The minimum absolute atomic E-state index is 0.646. The van der Waals surface area contributed by atoms with Gasteiger partial charge in [-0.05, 0) is 30.3 Å². The van der Waals surface area contributed by atoms with Crippen LogP contribution in [-0.2, 0) is 0 Å². The molecule has 0 bridgehead atoms. The van der Waals surface area contributed by atoms with Crippen LogP contribution in [-0.4, -0.2) is 68.7 Å². The maximum Gasteiger partial charge on any atom is 0.236 e. The number of halogens is 1. The first-order chi connectivity index (χ1) is 15.3. The first-order valence-electron chi connectivity index (χ1n) is 10.3. The minimum atomic E-state index is 0.646. The summed E-state index contributed by atoms with van der Waals surface area (Å²) in [6.07, 6.45) is 8.92. The van der Waals surface area contributed by atoms with Gasteiger partial charge in [-0.3, -0.25) is 14.5 Å². The third kappa shape index (κ3) is 4.45. The highest BCUT2D eigenvalue weighted by Gasteiger charge is 2.18. The van der Waals surface area contributed by atoms with E-state index in [0.717, 1.165) is 61.7 Å². The van der Waals surface area contributed by atoms with E-state index in [0.29, 0.717) is 11.0 Å². The average molecular weight is 435 g/mol. The molecule has 31 heavy (non-hydrogen) atoms. The van der Waals surface area contributed by atoms with Crippen molar-refractivity contribution in [3.05, 3.63) is 66.5 Å². The monoisotopic (exact) mass is 434 g/mol. The fourth-order valence-electron chi connectivity index (χ4n) is 3.84. The van der Waals surface area contributed by atoms with Crippen LogP contribution in [0.2, 0.25) is 5.02 Å². The number of anilines is 2. The van der Waals surface area contributed by atoms with Gasteiger partial charge in [-0.1, -0.05) is 11.6 Å². The molecule has 1 N–H and O–H groups in total. The van der Waals surface area contributed by atoms with Crippen molar-refractivity contribution in [2.75, 3.05) is 49.5 Å². The Balaban J connectivity index is 1.15. The van der Waals surface area contributed by atoms with Crippen molar-refractivity contribution in [2.45, 2.75) is 0 Å². The molecule has 0 unspecified atom stereocenters. The molecule has 0 atom stereocenters. The Morgan fingerprint density at radius 1 is 0.968 bits per heavy atom. The summed E-state index contributed by atoms with van der Waals surface area (Å²) in [5.74, 6) is 1.60. The molecule has 0 radical (unpaired) electrons. The molecule has 3 aromatic heterocycles. The summed E-state index contributed by atoms with van der Waals surface area (Å²) in [4.78, 5) is 22.3. The molecule has 8 nitrogen and oxygen atoms in total. The molecule has 1 aromatic carbocycles. The Labute approximate surface area is 185 Å². The van der Waals surface area contributed by atoms with Gasteiger partial charge < -0.3 is 10.2 Å². The Morgan fingerprint density at radius 3 is 2.68 bits per heavy atom. The van der Waals surface area contributed by atoms with Gasteiger partial charge in [0, 0.05) is 80.2 Å². The molecule has 5 rings (SSSR count). The highest BCUT2D eigenvalue weighted by molar-refractivity contribution is 6.31. The highest BCUT2D eigenvalue weighted by Crippen LogP contribution is 2.24. The third-order valence-electron chi connectivity index (χ3n) is 5.51. The molecule has 0 aliphatic carbocycles. The van der Waals surface area contributed by atoms with E-state index < -0.39 is 0 Å². The van der Waals surface area contributed by atoms with Crippen LogP contribution < -0.4 is 10.2 Å². The summed E-state index contributed by atoms with van der Waals surface area (Å²) in [5, 5.41) is 5.35. The first-order valence-corrected chi connectivity index (χ1v) is 10.7. The van der Waals surface area contributed by atoms with Crippen LogP contribution in [0.3, 0.4) is 0 Å². The van der Waals surface area contributed by atoms with Gasteiger partial charge in [-0.25, -0.2) is 9.97 Å². The van der Waals surface area contributed by atoms with Gasteiger partial charge >= 0.3 is 0 Å². The van der Waals surface area contributed by atoms with Gasteiger partial charge in [0.15, 0.2) is 0 Å². The number of imidazole rings is 1. The number of hydrogen-bond donors (Lipinski definition) is 1. The van der Waals surface area contributed by atoms with Crippen molar-refractivity contribution in [1.29, 1.82) is 0 Å². The zero-order chi connectivity index (χ0) is 21.0. The molecule has 1 aliphatic heterocycles. The van der Waals surface area contributed by atoms with E-state index in [1.54, 1.807) is 18.7 Å². The van der Waals surface area contributed by atoms with Gasteiger partial charge in [-0.15, -0.1) is 0 Å². The average Bonchev–Trinajstić information content (AvgIpc) is 3.35. The van der Waals surface area contributed by atoms with Crippen molar-refractivity contribution >= 4 is 34.0 Å². The predicted octanol–water partition coefficient (Wildman–Crippen LogP) is 3.10. The second-order valence-corrected chi connectivity index (χ2v) is 7.90. The van der Waals surface area contributed by atoms with Crippen LogP contribution in [0.15, 0.2) is 61.4 Å². The molecule has 1 aliphatic rings. The maximum absolute atomic E-state index is 6.08. The van der Waals surface area contributed by atoms with Crippen LogP contribution in [0.25, 0.3) is 16.9 Å². The van der Waals surface area contributed by atoms with Gasteiger partial charge in [0.25, 0.3) is 0 Å². The van der Waals surface area contributed by atoms with Crippen molar-refractivity contribution < 1.29 is 0 Å². The van der Waals surface area contributed by atoms with Gasteiger partial charge in [0.2, 0.25) is 5.95 Å². The fourth-order valence-corrected chi connectivity index (χ4v) is 4.01. The van der Waals surface area contributed by atoms with E-state index in [1.807, 2.05) is 47.3 Å². The number of hydrogen-bond acceptors (Lipinski definition) is 7. The van der Waals surface area contributed by atoms with Crippen LogP contribution >= 0.6 is 11.6 Å². The quantitative estimate of drug-likeness (QED) is 0.499. The molecule has 4 aromatic rings. The van der Waals surface area contributed by atoms with E-state index in [1.165, 1.54) is 0 Å². The number of nitrogens with zero attached hydrogens (tertiary/aromatic N) is 7. The van der Waals surface area contributed by atoms with Crippen molar-refractivity contribution in [1.82, 2.24) is 29.4 Å². The number of pyridine rings is 1. The fraction of sp³-hybridized carbons (Fsp3) is 0.273. The lowest BCUT2D eigenvalue weighted by Gasteiger charge is -2.35. The van der Waals surface area contributed by atoms with E-state index in [-0.39, 0.29) is 0 Å². The lowest BCUT2D eigenvalue weighted by atomic mass is 10.2. The molecular formula is C22H23ClN8. The van der Waals surface area contributed by atoms with E-state index in [4.69, 9.17) is 16.6 Å². The lowest BCUT2D eigenvalue weighted by Crippen LogP contribution is -2.48. The summed E-state index contributed by atoms with van der Waals surface area (Å²) in [6, 6.07) is 9.80. The van der Waals surface area contributed by atoms with Crippen LogP contribution in [0, 0.1) is 0 Å². The SMILES string of the molecule is Clc1ccc2c(NCCN3CCN(c4ccnc(-n5ccnc5)n4)CC3)ccnc2c1. The number of fused-ring (bicyclic) bond motifs is 1. The molecule has 0 amide bonds. The second kappa shape index (κ2) is 8.87. The van der Waals surface area contributed by atoms with Crippen molar-refractivity contribution in [3.8, 4) is 5.95 Å². The van der Waals surface area contributed by atoms with Crippen molar-refractivity contribution in [3.63, 3.8) is 0 Å². The molecule has 9 heteroatoms. The Kier molecular flexibility index (Phi) is 5.64. The molecule has 4 heterocycles. The zero-order valence-electron chi connectivity index (χ0n) is 17.0. The molecule has 1 saturated heterocycles. The molecule has 0 saturated carbocycles. The smallest absolute Gasteiger partial charge is 0.236 e. The maximum atomic E-state index is 6.08. The van der Waals surface area contributed by atoms with Gasteiger partial charge in [0.1, 0.15) is 12.1 Å². The summed E-state index contributed by atoms with van der Waals surface area (Å²) < 4.78 is 1.82.